The van der Waals surface area contributed by atoms with E-state index in [0.29, 0.717) is 28.4 Å². The molecule has 0 bridgehead atoms. The van der Waals surface area contributed by atoms with Crippen LogP contribution in [0, 0.1) is 0 Å². The maximum atomic E-state index is 11.7. The number of hydrogen-bond donors (Lipinski definition) is 0. The monoisotopic (exact) mass is 363 g/mol. The Hall–Kier alpha value is -2.20. The predicted octanol–water partition coefficient (Wildman–Crippen LogP) is 2.99. The van der Waals surface area contributed by atoms with E-state index in [1.54, 1.807) is 30.2 Å². The number of amides is 1. The van der Waals surface area contributed by atoms with Gasteiger partial charge in [-0.05, 0) is 25.0 Å². The lowest BCUT2D eigenvalue weighted by Crippen LogP contribution is -2.30. The minimum atomic E-state index is 0.00481. The largest absolute Gasteiger partial charge is 0.461 e. The Bertz CT molecular complexity index is 840. The molecule has 3 aromatic rings. The molecule has 124 valence electrons. The lowest BCUT2D eigenvalue weighted by atomic mass is 10.4. The van der Waals surface area contributed by atoms with Gasteiger partial charge in [-0.15, -0.1) is 10.2 Å². The zero-order valence-electron chi connectivity index (χ0n) is 12.7. The Morgan fingerprint density at radius 3 is 3.04 bits per heavy atom. The van der Waals surface area contributed by atoms with Crippen LogP contribution in [-0.4, -0.2) is 32.3 Å². The smallest absolute Gasteiger partial charge is 0.238 e. The van der Waals surface area contributed by atoms with Crippen molar-refractivity contribution in [1.29, 1.82) is 0 Å². The summed E-state index contributed by atoms with van der Waals surface area (Å²) in [5.74, 6) is 1.95. The maximum Gasteiger partial charge on any atom is 0.238 e. The van der Waals surface area contributed by atoms with E-state index in [1.165, 1.54) is 23.1 Å². The number of thioether (sulfide) groups is 1. The van der Waals surface area contributed by atoms with Crippen molar-refractivity contribution in [2.75, 3.05) is 4.90 Å². The van der Waals surface area contributed by atoms with E-state index >= 15 is 0 Å². The molecule has 1 saturated carbocycles. The summed E-state index contributed by atoms with van der Waals surface area (Å²) < 4.78 is 11.2. The molecule has 0 aliphatic heterocycles. The number of anilines is 1. The van der Waals surface area contributed by atoms with Crippen LogP contribution < -0.4 is 4.90 Å². The fourth-order valence-corrected chi connectivity index (χ4v) is 3.98. The van der Waals surface area contributed by atoms with Crippen LogP contribution in [0.1, 0.15) is 25.7 Å². The first-order chi connectivity index (χ1) is 11.7. The minimum Gasteiger partial charge on any atom is -0.461 e. The first-order valence-corrected chi connectivity index (χ1v) is 9.13. The summed E-state index contributed by atoms with van der Waals surface area (Å²) in [6, 6.07) is 3.82. The first-order valence-electron chi connectivity index (χ1n) is 7.33. The highest BCUT2D eigenvalue weighted by molar-refractivity contribution is 8.00. The van der Waals surface area contributed by atoms with Crippen molar-refractivity contribution in [3.05, 3.63) is 24.3 Å². The van der Waals surface area contributed by atoms with Crippen molar-refractivity contribution in [1.82, 2.24) is 20.3 Å². The molecule has 0 atom stereocenters. The fourth-order valence-electron chi connectivity index (χ4n) is 2.18. The van der Waals surface area contributed by atoms with Gasteiger partial charge in [0, 0.05) is 13.0 Å². The van der Waals surface area contributed by atoms with Gasteiger partial charge in [-0.2, -0.15) is 4.98 Å². The quantitative estimate of drug-likeness (QED) is 0.487. The van der Waals surface area contributed by atoms with Gasteiger partial charge in [0.05, 0.1) is 12.0 Å². The predicted molar refractivity (Wildman–Crippen MR) is 87.7 cm³/mol. The second kappa shape index (κ2) is 6.36. The molecule has 3 aromatic heterocycles. The normalized spacial score (nSPS) is 14.0. The number of nitrogens with zero attached hydrogens (tertiary/aromatic N) is 5. The lowest BCUT2D eigenvalue weighted by molar-refractivity contribution is -0.116. The molecule has 24 heavy (non-hydrogen) atoms. The van der Waals surface area contributed by atoms with Crippen LogP contribution in [0.5, 0.6) is 0 Å². The molecule has 0 saturated heterocycles. The van der Waals surface area contributed by atoms with E-state index in [4.69, 9.17) is 8.94 Å². The van der Waals surface area contributed by atoms with Gasteiger partial charge in [0.2, 0.25) is 22.8 Å². The van der Waals surface area contributed by atoms with Gasteiger partial charge in [0.25, 0.3) is 0 Å². The van der Waals surface area contributed by atoms with Gasteiger partial charge >= 0.3 is 0 Å². The number of aromatic nitrogens is 4. The zero-order chi connectivity index (χ0) is 16.5. The van der Waals surface area contributed by atoms with Crippen LogP contribution in [-0.2, 0) is 10.5 Å². The summed E-state index contributed by atoms with van der Waals surface area (Å²) in [7, 11) is 0. The summed E-state index contributed by atoms with van der Waals surface area (Å²) in [6.07, 6.45) is 3.61. The molecule has 0 radical (unpaired) electrons. The zero-order valence-corrected chi connectivity index (χ0v) is 14.3. The van der Waals surface area contributed by atoms with Gasteiger partial charge in [0.1, 0.15) is 0 Å². The first kappa shape index (κ1) is 15.3. The second-order valence-electron chi connectivity index (χ2n) is 5.25. The number of rotatable bonds is 6. The summed E-state index contributed by atoms with van der Waals surface area (Å²) in [6.45, 7) is 1.56. The Morgan fingerprint density at radius 1 is 1.46 bits per heavy atom. The lowest BCUT2D eigenvalue weighted by Gasteiger charge is -2.15. The minimum absolute atomic E-state index is 0.00481. The number of hydrogen-bond acceptors (Lipinski definition) is 9. The van der Waals surface area contributed by atoms with E-state index in [2.05, 4.69) is 20.3 Å². The highest BCUT2D eigenvalue weighted by Gasteiger charge is 2.34. The van der Waals surface area contributed by atoms with Gasteiger partial charge in [-0.3, -0.25) is 9.69 Å². The molecule has 3 heterocycles. The van der Waals surface area contributed by atoms with Crippen molar-refractivity contribution in [3.8, 4) is 11.6 Å². The highest BCUT2D eigenvalue weighted by Crippen LogP contribution is 2.36. The van der Waals surface area contributed by atoms with Gasteiger partial charge in [-0.1, -0.05) is 28.3 Å². The van der Waals surface area contributed by atoms with Crippen LogP contribution >= 0.6 is 23.1 Å². The SMILES string of the molecule is CC(=O)N(c1nnc(SCc2nc(-c3ccco3)no2)s1)C1CC1. The van der Waals surface area contributed by atoms with Crippen LogP contribution in [0.25, 0.3) is 11.6 Å². The number of furan rings is 1. The molecule has 0 N–H and O–H groups in total. The van der Waals surface area contributed by atoms with E-state index in [1.807, 2.05) is 0 Å². The molecular formula is C14H13N5O3S2. The molecule has 1 amide bonds. The highest BCUT2D eigenvalue weighted by atomic mass is 32.2. The molecule has 0 unspecified atom stereocenters. The molecule has 1 aliphatic carbocycles. The van der Waals surface area contributed by atoms with Crippen molar-refractivity contribution >= 4 is 34.1 Å². The van der Waals surface area contributed by atoms with Crippen LogP contribution in [0.3, 0.4) is 0 Å². The van der Waals surface area contributed by atoms with Crippen LogP contribution in [0.15, 0.2) is 31.7 Å². The van der Waals surface area contributed by atoms with Crippen molar-refractivity contribution in [2.45, 2.75) is 35.9 Å². The molecule has 4 rings (SSSR count). The van der Waals surface area contributed by atoms with Crippen LogP contribution in [0.2, 0.25) is 0 Å². The van der Waals surface area contributed by atoms with E-state index < -0.39 is 0 Å². The van der Waals surface area contributed by atoms with Crippen molar-refractivity contribution in [2.24, 2.45) is 0 Å². The number of carbonyl (C=O) groups excluding carboxylic acids is 1. The standard InChI is InChI=1S/C14H13N5O3S2/c1-8(20)19(9-4-5-9)13-16-17-14(24-13)23-7-11-15-12(18-22-11)10-3-2-6-21-10/h2-3,6,9H,4-5,7H2,1H3. The Balaban J connectivity index is 1.40. The van der Waals surface area contributed by atoms with Gasteiger partial charge in [-0.25, -0.2) is 0 Å². The Morgan fingerprint density at radius 2 is 2.33 bits per heavy atom. The van der Waals surface area contributed by atoms with Crippen LogP contribution in [0.4, 0.5) is 5.13 Å². The molecule has 8 nitrogen and oxygen atoms in total. The second-order valence-corrected chi connectivity index (χ2v) is 7.43. The molecule has 1 aliphatic rings. The topological polar surface area (TPSA) is 98.2 Å². The number of carbonyl (C=O) groups is 1. The summed E-state index contributed by atoms with van der Waals surface area (Å²) in [5.41, 5.74) is 0. The van der Waals surface area contributed by atoms with Crippen molar-refractivity contribution < 1.29 is 13.7 Å². The molecule has 0 spiro atoms. The Kier molecular flexibility index (Phi) is 4.07. The molecular weight excluding hydrogens is 350 g/mol. The van der Waals surface area contributed by atoms with E-state index in [0.717, 1.165) is 17.2 Å². The third-order valence-electron chi connectivity index (χ3n) is 3.38. The van der Waals surface area contributed by atoms with Gasteiger partial charge < -0.3 is 8.94 Å². The summed E-state index contributed by atoms with van der Waals surface area (Å²) in [5, 5.41) is 12.8. The molecule has 10 heteroatoms. The van der Waals surface area contributed by atoms with E-state index in [-0.39, 0.29) is 11.9 Å². The van der Waals surface area contributed by atoms with Crippen molar-refractivity contribution in [3.63, 3.8) is 0 Å². The van der Waals surface area contributed by atoms with Gasteiger partial charge in [0.15, 0.2) is 10.1 Å². The summed E-state index contributed by atoms with van der Waals surface area (Å²) >= 11 is 2.85. The molecule has 0 aromatic carbocycles. The third-order valence-corrected chi connectivity index (χ3v) is 5.42. The summed E-state index contributed by atoms with van der Waals surface area (Å²) in [4.78, 5) is 17.7. The fraction of sp³-hybridized carbons (Fsp3) is 0.357. The third kappa shape index (κ3) is 3.20. The average Bonchev–Trinajstić information content (AvgIpc) is 3.02. The Labute approximate surface area is 145 Å². The molecule has 1 fully saturated rings. The maximum absolute atomic E-state index is 11.7. The average molecular weight is 363 g/mol. The van der Waals surface area contributed by atoms with E-state index in [9.17, 15) is 4.79 Å².